The molecule has 0 spiro atoms. The Hall–Kier alpha value is -8.14. The first-order chi connectivity index (χ1) is 31.9. The molecule has 0 bridgehead atoms. The second-order valence-corrected chi connectivity index (χ2v) is 19.3. The molecule has 66 heavy (non-hydrogen) atoms. The summed E-state index contributed by atoms with van der Waals surface area (Å²) in [4.78, 5) is 20.0. The van der Waals surface area contributed by atoms with Gasteiger partial charge in [-0.1, -0.05) is 163 Å². The van der Waals surface area contributed by atoms with Crippen LogP contribution in [0.25, 0.3) is 105 Å². The van der Waals surface area contributed by atoms with Crippen LogP contribution in [0.4, 0.5) is 5.69 Å². The summed E-state index contributed by atoms with van der Waals surface area (Å²) in [5.74, 6) is 1.53. The summed E-state index contributed by atoms with van der Waals surface area (Å²) in [5, 5.41) is 4.55. The molecule has 0 saturated heterocycles. The lowest BCUT2D eigenvalue weighted by molar-refractivity contribution is 0.590. The van der Waals surface area contributed by atoms with Crippen molar-refractivity contribution >= 4 is 49.3 Å². The molecule has 8 aromatic carbocycles. The minimum Gasteiger partial charge on any atom is -0.309 e. The molecule has 0 aliphatic carbocycles. The highest BCUT2D eigenvalue weighted by Crippen LogP contribution is 2.42. The van der Waals surface area contributed by atoms with Gasteiger partial charge in [-0.05, 0) is 105 Å². The summed E-state index contributed by atoms with van der Waals surface area (Å²) in [6.07, 6.45) is 0. The number of hydrogen-bond acceptors (Lipinski definition) is 3. The van der Waals surface area contributed by atoms with Crippen LogP contribution in [0.15, 0.2) is 182 Å². The Bertz CT molecular complexity index is 3540. The van der Waals surface area contributed by atoms with E-state index in [1.54, 1.807) is 0 Å². The molecular weight excluding hydrogens is 805 g/mol. The van der Waals surface area contributed by atoms with Crippen molar-refractivity contribution in [3.05, 3.63) is 205 Å². The van der Waals surface area contributed by atoms with E-state index in [1.165, 1.54) is 11.1 Å². The summed E-state index contributed by atoms with van der Waals surface area (Å²) in [7, 11) is 0. The summed E-state index contributed by atoms with van der Waals surface area (Å²) < 4.78 is 4.50. The molecule has 0 amide bonds. The molecule has 0 atom stereocenters. The Morgan fingerprint density at radius 1 is 0.394 bits per heavy atom. The third-order valence-electron chi connectivity index (χ3n) is 12.9. The molecule has 3 aromatic heterocycles. The number of nitrogens with zero attached hydrogens (tertiary/aromatic N) is 6. The first-order valence-electron chi connectivity index (χ1n) is 22.6. The van der Waals surface area contributed by atoms with Crippen LogP contribution in [0.3, 0.4) is 0 Å². The van der Waals surface area contributed by atoms with E-state index in [2.05, 4.69) is 189 Å². The van der Waals surface area contributed by atoms with E-state index in [0.29, 0.717) is 23.3 Å². The zero-order chi connectivity index (χ0) is 45.3. The highest BCUT2D eigenvalue weighted by molar-refractivity contribution is 6.12. The molecule has 0 radical (unpaired) electrons. The molecule has 6 nitrogen and oxygen atoms in total. The van der Waals surface area contributed by atoms with Crippen molar-refractivity contribution in [3.63, 3.8) is 0 Å². The van der Waals surface area contributed by atoms with Crippen LogP contribution in [0.2, 0.25) is 0 Å². The molecule has 318 valence electrons. The smallest absolute Gasteiger partial charge is 0.238 e. The lowest BCUT2D eigenvalue weighted by atomic mass is 9.85. The van der Waals surface area contributed by atoms with Gasteiger partial charge in [0.25, 0.3) is 0 Å². The Balaban J connectivity index is 1.20. The third kappa shape index (κ3) is 7.01. The van der Waals surface area contributed by atoms with Crippen molar-refractivity contribution in [2.75, 3.05) is 0 Å². The average molecular weight is 853 g/mol. The minimum atomic E-state index is -0.0472. The van der Waals surface area contributed by atoms with Crippen molar-refractivity contribution in [3.8, 4) is 56.7 Å². The maximum Gasteiger partial charge on any atom is 0.238 e. The predicted octanol–water partition coefficient (Wildman–Crippen LogP) is 15.9. The fourth-order valence-corrected chi connectivity index (χ4v) is 9.34. The Morgan fingerprint density at radius 2 is 0.833 bits per heavy atom. The molecule has 0 N–H and O–H groups in total. The molecule has 0 aliphatic heterocycles. The fourth-order valence-electron chi connectivity index (χ4n) is 9.34. The van der Waals surface area contributed by atoms with Gasteiger partial charge in [0.2, 0.25) is 5.95 Å². The van der Waals surface area contributed by atoms with E-state index >= 15 is 0 Å². The average Bonchev–Trinajstić information content (AvgIpc) is 3.85. The zero-order valence-corrected chi connectivity index (χ0v) is 38.0. The molecule has 0 saturated carbocycles. The van der Waals surface area contributed by atoms with E-state index in [-0.39, 0.29) is 10.8 Å². The van der Waals surface area contributed by atoms with Gasteiger partial charge in [0, 0.05) is 32.7 Å². The Labute approximate surface area is 385 Å². The number of benzene rings is 8. The van der Waals surface area contributed by atoms with Crippen LogP contribution in [-0.2, 0) is 10.8 Å². The molecular formula is C60H48N6. The topological polar surface area (TPSA) is 52.9 Å². The molecule has 3 heterocycles. The van der Waals surface area contributed by atoms with Crippen LogP contribution >= 0.6 is 0 Å². The molecule has 6 heteroatoms. The lowest BCUT2D eigenvalue weighted by Crippen LogP contribution is -2.11. The third-order valence-corrected chi connectivity index (χ3v) is 12.9. The number of rotatable bonds is 6. The van der Waals surface area contributed by atoms with E-state index in [1.807, 2.05) is 48.5 Å². The van der Waals surface area contributed by atoms with Crippen LogP contribution in [0.5, 0.6) is 0 Å². The number of aromatic nitrogens is 5. The van der Waals surface area contributed by atoms with Gasteiger partial charge in [-0.2, -0.15) is 9.97 Å². The number of hydrogen-bond donors (Lipinski definition) is 0. The van der Waals surface area contributed by atoms with Gasteiger partial charge in [-0.15, -0.1) is 0 Å². The van der Waals surface area contributed by atoms with Gasteiger partial charge >= 0.3 is 0 Å². The van der Waals surface area contributed by atoms with E-state index in [4.69, 9.17) is 21.5 Å². The SMILES string of the molecule is [C-]#[N+]c1ccc(-n2c3ccc(-c4ccccc4)cc3c3cc(-c4ccccc4)ccc32)c(-c2nc(-c3ccccc3)nc(-n3c4ccc(C(C)(C)C)cc4c4cc(C(C)(C)C)ccc43)n2)c1. The maximum atomic E-state index is 8.22. The first-order valence-corrected chi connectivity index (χ1v) is 22.6. The monoisotopic (exact) mass is 852 g/mol. The summed E-state index contributed by atoms with van der Waals surface area (Å²) in [6, 6.07) is 64.1. The lowest BCUT2D eigenvalue weighted by Gasteiger charge is -2.19. The largest absolute Gasteiger partial charge is 0.309 e. The van der Waals surface area contributed by atoms with Gasteiger partial charge in [-0.25, -0.2) is 9.83 Å². The molecule has 0 fully saturated rings. The normalized spacial score (nSPS) is 12.1. The van der Waals surface area contributed by atoms with Gasteiger partial charge in [0.15, 0.2) is 17.3 Å². The van der Waals surface area contributed by atoms with E-state index < -0.39 is 0 Å². The molecule has 11 rings (SSSR count). The molecule has 11 aromatic rings. The summed E-state index contributed by atoms with van der Waals surface area (Å²) in [5.41, 5.74) is 14.1. The van der Waals surface area contributed by atoms with Gasteiger partial charge < -0.3 is 4.57 Å². The second-order valence-electron chi connectivity index (χ2n) is 19.3. The maximum absolute atomic E-state index is 8.22. The Kier molecular flexibility index (Phi) is 9.56. The van der Waals surface area contributed by atoms with Crippen LogP contribution in [0, 0.1) is 6.57 Å². The molecule has 0 aliphatic rings. The highest BCUT2D eigenvalue weighted by atomic mass is 15.2. The first kappa shape index (κ1) is 40.6. The van der Waals surface area contributed by atoms with E-state index in [9.17, 15) is 0 Å². The minimum absolute atomic E-state index is 0.0472. The second kappa shape index (κ2) is 15.5. The standard InChI is InChI=1S/C60H48N6/c1-59(2,3)43-25-30-53-48(35-43)49-36-44(60(4,5)6)26-31-54(49)66(53)58-63-56(40-21-15-10-16-22-40)62-57(64-58)50-37-45(61-7)27-32-55(50)65-51-28-23-41(38-17-11-8-12-18-38)33-46(51)47-34-42(24-29-52(47)65)39-19-13-9-14-20-39/h8-37H,1-6H3. The van der Waals surface area contributed by atoms with Gasteiger partial charge in [0.1, 0.15) is 0 Å². The van der Waals surface area contributed by atoms with Crippen LogP contribution in [-0.4, -0.2) is 24.1 Å². The van der Waals surface area contributed by atoms with Gasteiger partial charge in [0.05, 0.1) is 34.3 Å². The summed E-state index contributed by atoms with van der Waals surface area (Å²) >= 11 is 0. The quantitative estimate of drug-likeness (QED) is 0.157. The van der Waals surface area contributed by atoms with Crippen molar-refractivity contribution in [2.24, 2.45) is 0 Å². The highest BCUT2D eigenvalue weighted by Gasteiger charge is 2.25. The zero-order valence-electron chi connectivity index (χ0n) is 38.0. The summed E-state index contributed by atoms with van der Waals surface area (Å²) in [6.45, 7) is 21.8. The van der Waals surface area contributed by atoms with E-state index in [0.717, 1.165) is 82.7 Å². The van der Waals surface area contributed by atoms with Crippen LogP contribution < -0.4 is 0 Å². The predicted molar refractivity (Wildman–Crippen MR) is 274 cm³/mol. The molecule has 0 unspecified atom stereocenters. The van der Waals surface area contributed by atoms with Crippen molar-refractivity contribution < 1.29 is 0 Å². The fraction of sp³-hybridized carbons (Fsp3) is 0.133. The van der Waals surface area contributed by atoms with Crippen LogP contribution in [0.1, 0.15) is 52.7 Å². The number of fused-ring (bicyclic) bond motifs is 6. The van der Waals surface area contributed by atoms with Gasteiger partial charge in [-0.3, -0.25) is 4.57 Å². The van der Waals surface area contributed by atoms with Crippen molar-refractivity contribution in [1.29, 1.82) is 0 Å². The van der Waals surface area contributed by atoms with Crippen molar-refractivity contribution in [2.45, 2.75) is 52.4 Å². The Morgan fingerprint density at radius 3 is 1.32 bits per heavy atom. The van der Waals surface area contributed by atoms with Crippen molar-refractivity contribution in [1.82, 2.24) is 24.1 Å².